The molecule has 0 aliphatic carbocycles. The first-order valence-electron chi connectivity index (χ1n) is 8.73. The lowest BCUT2D eigenvalue weighted by Gasteiger charge is -2.21. The van der Waals surface area contributed by atoms with E-state index in [1.807, 2.05) is 47.8 Å². The van der Waals surface area contributed by atoms with Crippen molar-refractivity contribution in [1.82, 2.24) is 0 Å². The molecule has 4 rings (SSSR count). The quantitative estimate of drug-likeness (QED) is 0.612. The number of ether oxygens (including phenoxy) is 3. The zero-order valence-corrected chi connectivity index (χ0v) is 17.0. The number of carbonyl (C=O) groups is 1. The summed E-state index contributed by atoms with van der Waals surface area (Å²) in [5.41, 5.74) is 3.41. The van der Waals surface area contributed by atoms with Gasteiger partial charge in [-0.2, -0.15) is 0 Å². The topological polar surface area (TPSA) is 44.8 Å². The maximum Gasteiger partial charge on any atom is 0.338 e. The fraction of sp³-hybridized carbons (Fsp3) is 0.350. The standard InChI is InChI=1S/C20H19ClO4S2/c21-17-8-15-10-23-12-25-18(15)16(9-17)11-24-19(22)13-2-4-14(5-3-13)20-26-6-1-7-27-20/h2-5,8-9,20H,1,6-7,10-12H2. The van der Waals surface area contributed by atoms with Gasteiger partial charge in [0.2, 0.25) is 0 Å². The second kappa shape index (κ2) is 8.78. The predicted molar refractivity (Wildman–Crippen MR) is 110 cm³/mol. The molecule has 4 nitrogen and oxygen atoms in total. The number of benzene rings is 2. The molecule has 2 aliphatic rings. The van der Waals surface area contributed by atoms with Crippen LogP contribution in [0.25, 0.3) is 0 Å². The Hall–Kier alpha value is -1.34. The first kappa shape index (κ1) is 19.0. The summed E-state index contributed by atoms with van der Waals surface area (Å²) in [6.07, 6.45) is 1.26. The molecule has 1 saturated heterocycles. The Bertz CT molecular complexity index is 819. The normalized spacial score (nSPS) is 17.1. The molecule has 2 heterocycles. The van der Waals surface area contributed by atoms with Crippen molar-refractivity contribution in [2.24, 2.45) is 0 Å². The van der Waals surface area contributed by atoms with Crippen LogP contribution in [0, 0.1) is 0 Å². The van der Waals surface area contributed by atoms with Gasteiger partial charge in [-0.25, -0.2) is 4.79 Å². The van der Waals surface area contributed by atoms with E-state index in [1.54, 1.807) is 12.1 Å². The summed E-state index contributed by atoms with van der Waals surface area (Å²) in [6, 6.07) is 11.3. The van der Waals surface area contributed by atoms with E-state index in [0.717, 1.165) is 11.1 Å². The minimum atomic E-state index is -0.355. The van der Waals surface area contributed by atoms with E-state index in [1.165, 1.54) is 23.5 Å². The van der Waals surface area contributed by atoms with Gasteiger partial charge in [0, 0.05) is 16.1 Å². The Morgan fingerprint density at radius 3 is 2.74 bits per heavy atom. The highest BCUT2D eigenvalue weighted by Gasteiger charge is 2.19. The molecule has 1 fully saturated rings. The number of rotatable bonds is 4. The number of hydrogen-bond donors (Lipinski definition) is 0. The lowest BCUT2D eigenvalue weighted by Crippen LogP contribution is -2.14. The van der Waals surface area contributed by atoms with Crippen molar-refractivity contribution in [1.29, 1.82) is 0 Å². The van der Waals surface area contributed by atoms with Gasteiger partial charge in [0.15, 0.2) is 6.79 Å². The number of halogens is 1. The third-order valence-corrected chi connectivity index (χ3v) is 7.59. The van der Waals surface area contributed by atoms with Gasteiger partial charge in [-0.05, 0) is 47.8 Å². The van der Waals surface area contributed by atoms with E-state index >= 15 is 0 Å². The summed E-state index contributed by atoms with van der Waals surface area (Å²) in [5.74, 6) is 2.73. The number of hydrogen-bond acceptors (Lipinski definition) is 6. The van der Waals surface area contributed by atoms with Gasteiger partial charge < -0.3 is 14.2 Å². The highest BCUT2D eigenvalue weighted by molar-refractivity contribution is 8.16. The number of thioether (sulfide) groups is 2. The van der Waals surface area contributed by atoms with Crippen LogP contribution in [-0.4, -0.2) is 24.3 Å². The summed E-state index contributed by atoms with van der Waals surface area (Å²) in [4.78, 5) is 12.4. The van der Waals surface area contributed by atoms with E-state index in [0.29, 0.717) is 27.5 Å². The average Bonchev–Trinajstić information content (AvgIpc) is 2.72. The SMILES string of the molecule is O=C(OCc1cc(Cl)cc2c1OCOC2)c1ccc(C2SCCCS2)cc1. The molecule has 0 spiro atoms. The fourth-order valence-electron chi connectivity index (χ4n) is 3.05. The predicted octanol–water partition coefficient (Wildman–Crippen LogP) is 5.43. The van der Waals surface area contributed by atoms with E-state index < -0.39 is 0 Å². The maximum atomic E-state index is 12.4. The number of esters is 1. The molecule has 7 heteroatoms. The van der Waals surface area contributed by atoms with Crippen molar-refractivity contribution < 1.29 is 19.0 Å². The van der Waals surface area contributed by atoms with Gasteiger partial charge in [0.1, 0.15) is 12.4 Å². The second-order valence-electron chi connectivity index (χ2n) is 6.29. The third kappa shape index (κ3) is 4.57. The summed E-state index contributed by atoms with van der Waals surface area (Å²) in [5, 5.41) is 0.570. The second-order valence-corrected chi connectivity index (χ2v) is 9.45. The average molecular weight is 423 g/mol. The zero-order chi connectivity index (χ0) is 18.6. The van der Waals surface area contributed by atoms with Gasteiger partial charge in [-0.1, -0.05) is 23.7 Å². The van der Waals surface area contributed by atoms with Gasteiger partial charge in [0.05, 0.1) is 16.8 Å². The van der Waals surface area contributed by atoms with Crippen LogP contribution in [0.5, 0.6) is 5.75 Å². The van der Waals surface area contributed by atoms with Gasteiger partial charge >= 0.3 is 5.97 Å². The van der Waals surface area contributed by atoms with E-state index in [-0.39, 0.29) is 19.4 Å². The monoisotopic (exact) mass is 422 g/mol. The molecule has 0 unspecified atom stereocenters. The molecule has 0 bridgehead atoms. The Labute approximate surface area is 171 Å². The van der Waals surface area contributed by atoms with Crippen molar-refractivity contribution in [3.05, 3.63) is 63.7 Å². The summed E-state index contributed by atoms with van der Waals surface area (Å²) >= 11 is 10.1. The molecule has 0 N–H and O–H groups in total. The van der Waals surface area contributed by atoms with Crippen LogP contribution in [-0.2, 0) is 22.7 Å². The molecular weight excluding hydrogens is 404 g/mol. The number of fused-ring (bicyclic) bond motifs is 1. The Kier molecular flexibility index (Phi) is 6.18. The van der Waals surface area contributed by atoms with Crippen LogP contribution in [0.3, 0.4) is 0 Å². The molecule has 0 saturated carbocycles. The smallest absolute Gasteiger partial charge is 0.338 e. The molecule has 0 radical (unpaired) electrons. The molecule has 2 aliphatic heterocycles. The molecule has 27 heavy (non-hydrogen) atoms. The Morgan fingerprint density at radius 2 is 1.96 bits per heavy atom. The van der Waals surface area contributed by atoms with E-state index in [4.69, 9.17) is 25.8 Å². The van der Waals surface area contributed by atoms with Crippen LogP contribution in [0.1, 0.15) is 38.1 Å². The van der Waals surface area contributed by atoms with Crippen LogP contribution in [0.2, 0.25) is 5.02 Å². The van der Waals surface area contributed by atoms with Gasteiger partial charge in [-0.3, -0.25) is 0 Å². The zero-order valence-electron chi connectivity index (χ0n) is 14.6. The summed E-state index contributed by atoms with van der Waals surface area (Å²) < 4.78 is 16.8. The van der Waals surface area contributed by atoms with Crippen LogP contribution >= 0.6 is 35.1 Å². The van der Waals surface area contributed by atoms with Crippen molar-refractivity contribution in [2.75, 3.05) is 18.3 Å². The first-order chi connectivity index (χ1) is 13.2. The molecular formula is C20H19ClO4S2. The lowest BCUT2D eigenvalue weighted by atomic mass is 10.1. The molecule has 0 aromatic heterocycles. The summed E-state index contributed by atoms with van der Waals surface area (Å²) in [7, 11) is 0. The lowest BCUT2D eigenvalue weighted by molar-refractivity contribution is -0.0180. The largest absolute Gasteiger partial charge is 0.467 e. The molecule has 0 atom stereocenters. The van der Waals surface area contributed by atoms with Gasteiger partial charge in [0.25, 0.3) is 0 Å². The van der Waals surface area contributed by atoms with E-state index in [2.05, 4.69) is 0 Å². The van der Waals surface area contributed by atoms with Crippen LogP contribution in [0.15, 0.2) is 36.4 Å². The minimum Gasteiger partial charge on any atom is -0.467 e. The third-order valence-electron chi connectivity index (χ3n) is 4.36. The fourth-order valence-corrected chi connectivity index (χ4v) is 6.20. The van der Waals surface area contributed by atoms with Crippen molar-refractivity contribution in [2.45, 2.75) is 24.2 Å². The number of carbonyl (C=O) groups excluding carboxylic acids is 1. The van der Waals surface area contributed by atoms with Crippen molar-refractivity contribution >= 4 is 41.1 Å². The molecule has 142 valence electrons. The van der Waals surface area contributed by atoms with Crippen molar-refractivity contribution in [3.63, 3.8) is 0 Å². The Morgan fingerprint density at radius 1 is 1.19 bits per heavy atom. The van der Waals surface area contributed by atoms with Crippen LogP contribution < -0.4 is 4.74 Å². The molecule has 2 aromatic carbocycles. The molecule has 0 amide bonds. The first-order valence-corrected chi connectivity index (χ1v) is 11.2. The highest BCUT2D eigenvalue weighted by atomic mass is 35.5. The Balaban J connectivity index is 1.42. The maximum absolute atomic E-state index is 12.4. The highest BCUT2D eigenvalue weighted by Crippen LogP contribution is 2.43. The van der Waals surface area contributed by atoms with E-state index in [9.17, 15) is 4.79 Å². The minimum absolute atomic E-state index is 0.109. The van der Waals surface area contributed by atoms with Crippen molar-refractivity contribution in [3.8, 4) is 5.75 Å². The summed E-state index contributed by atoms with van der Waals surface area (Å²) in [6.45, 7) is 0.738. The molecule has 2 aromatic rings. The van der Waals surface area contributed by atoms with Gasteiger partial charge in [-0.15, -0.1) is 23.5 Å². The van der Waals surface area contributed by atoms with Crippen LogP contribution in [0.4, 0.5) is 0 Å².